The minimum absolute atomic E-state index is 0.468. The number of rotatable bonds is 0. The summed E-state index contributed by atoms with van der Waals surface area (Å²) in [6, 6.07) is 7.45. The Labute approximate surface area is 123 Å². The van der Waals surface area contributed by atoms with Gasteiger partial charge in [0.25, 0.3) is 0 Å². The summed E-state index contributed by atoms with van der Waals surface area (Å²) in [4.78, 5) is 13.5. The number of hydrogen-bond acceptors (Lipinski definition) is 4. The maximum Gasteiger partial charge on any atom is 0.397 e. The first-order chi connectivity index (χ1) is 10.1. The molecular formula is C16H20FNO3. The van der Waals surface area contributed by atoms with Gasteiger partial charge in [-0.15, -0.1) is 0 Å². The first kappa shape index (κ1) is 14.3. The van der Waals surface area contributed by atoms with Crippen LogP contribution in [0.25, 0.3) is 0 Å². The van der Waals surface area contributed by atoms with Crippen molar-refractivity contribution in [2.24, 2.45) is 5.92 Å². The van der Waals surface area contributed by atoms with E-state index in [4.69, 9.17) is 0 Å². The molecule has 0 amide bonds. The van der Waals surface area contributed by atoms with E-state index in [1.165, 1.54) is 13.0 Å². The van der Waals surface area contributed by atoms with Gasteiger partial charge in [0.2, 0.25) is 0 Å². The predicted molar refractivity (Wildman–Crippen MR) is 76.0 cm³/mol. The lowest BCUT2D eigenvalue weighted by Crippen LogP contribution is -2.35. The van der Waals surface area contributed by atoms with E-state index in [1.807, 2.05) is 0 Å². The van der Waals surface area contributed by atoms with Gasteiger partial charge in [0, 0.05) is 18.9 Å². The van der Waals surface area contributed by atoms with Crippen molar-refractivity contribution in [2.75, 3.05) is 13.6 Å². The van der Waals surface area contributed by atoms with E-state index in [9.17, 15) is 9.18 Å². The number of Topliss-reactive ketones (excluding diaryl/α,β-unsaturated/α-hetero) is 1. The van der Waals surface area contributed by atoms with Gasteiger partial charge in [-0.2, -0.15) is 4.39 Å². The monoisotopic (exact) mass is 293 g/mol. The highest BCUT2D eigenvalue weighted by Gasteiger charge is 2.36. The third kappa shape index (κ3) is 3.18. The zero-order chi connectivity index (χ0) is 14.8. The number of ether oxygens (including phenoxy) is 2. The molecule has 21 heavy (non-hydrogen) atoms. The van der Waals surface area contributed by atoms with Crippen molar-refractivity contribution >= 4 is 5.78 Å². The Hall–Kier alpha value is -1.62. The quantitative estimate of drug-likeness (QED) is 0.737. The standard InChI is InChI=1S/C9H15NO.C7H5FO2/c1-10-5-4-7-2-3-8(11)6-9(7)10;8-7-9-5-3-1-2-4-6(5)10-7/h7,9H,2-6H2,1H3;1-4,7H. The summed E-state index contributed by atoms with van der Waals surface area (Å²) in [5, 5.41) is 0. The van der Waals surface area contributed by atoms with Crippen LogP contribution in [0, 0.1) is 5.92 Å². The third-order valence-electron chi connectivity index (χ3n) is 4.48. The molecule has 0 N–H and O–H groups in total. The van der Waals surface area contributed by atoms with E-state index in [0.717, 1.165) is 25.2 Å². The Morgan fingerprint density at radius 3 is 2.52 bits per heavy atom. The highest BCUT2D eigenvalue weighted by atomic mass is 19.2. The molecule has 0 radical (unpaired) electrons. The highest BCUT2D eigenvalue weighted by molar-refractivity contribution is 5.80. The number of para-hydroxylation sites is 2. The number of likely N-dealkylation sites (tertiary alicyclic amines) is 1. The smallest absolute Gasteiger partial charge is 0.397 e. The molecule has 0 bridgehead atoms. The van der Waals surface area contributed by atoms with Crippen molar-refractivity contribution in [1.82, 2.24) is 4.90 Å². The number of carbonyl (C=O) groups excluding carboxylic acids is 1. The Balaban J connectivity index is 0.000000126. The number of fused-ring (bicyclic) bond motifs is 2. The minimum atomic E-state index is -1.63. The second-order valence-electron chi connectivity index (χ2n) is 5.84. The van der Waals surface area contributed by atoms with Crippen LogP contribution >= 0.6 is 0 Å². The van der Waals surface area contributed by atoms with E-state index in [2.05, 4.69) is 21.4 Å². The highest BCUT2D eigenvalue weighted by Crippen LogP contribution is 2.34. The molecule has 1 aromatic carbocycles. The van der Waals surface area contributed by atoms with E-state index >= 15 is 0 Å². The average Bonchev–Trinajstić information content (AvgIpc) is 3.02. The number of halogens is 1. The molecule has 0 spiro atoms. The van der Waals surface area contributed by atoms with Crippen molar-refractivity contribution in [2.45, 2.75) is 38.3 Å². The van der Waals surface area contributed by atoms with Gasteiger partial charge in [-0.3, -0.25) is 4.79 Å². The van der Waals surface area contributed by atoms with E-state index < -0.39 is 6.54 Å². The fraction of sp³-hybridized carbons (Fsp3) is 0.562. The maximum atomic E-state index is 12.3. The van der Waals surface area contributed by atoms with E-state index in [1.54, 1.807) is 24.3 Å². The number of benzene rings is 1. The number of nitrogens with zero attached hydrogens (tertiary/aromatic N) is 1. The second-order valence-corrected chi connectivity index (χ2v) is 5.84. The zero-order valence-corrected chi connectivity index (χ0v) is 12.1. The lowest BCUT2D eigenvalue weighted by molar-refractivity contribution is -0.122. The predicted octanol–water partition coefficient (Wildman–Crippen LogP) is 2.77. The van der Waals surface area contributed by atoms with Crippen molar-refractivity contribution in [3.63, 3.8) is 0 Å². The van der Waals surface area contributed by atoms with Gasteiger partial charge in [-0.1, -0.05) is 12.1 Å². The summed E-state index contributed by atoms with van der Waals surface area (Å²) in [6.07, 6.45) is 4.12. The minimum Gasteiger partial charge on any atom is -0.425 e. The number of alkyl halides is 1. The van der Waals surface area contributed by atoms with Gasteiger partial charge in [0.05, 0.1) is 0 Å². The van der Waals surface area contributed by atoms with Gasteiger partial charge >= 0.3 is 6.54 Å². The Bertz CT molecular complexity index is 497. The Morgan fingerprint density at radius 1 is 1.19 bits per heavy atom. The average molecular weight is 293 g/mol. The molecular weight excluding hydrogens is 273 g/mol. The summed E-state index contributed by atoms with van der Waals surface area (Å²) in [5.74, 6) is 2.24. The molecule has 2 fully saturated rings. The van der Waals surface area contributed by atoms with Crippen LogP contribution in [0.2, 0.25) is 0 Å². The molecule has 4 rings (SSSR count). The summed E-state index contributed by atoms with van der Waals surface area (Å²) in [7, 11) is 2.14. The third-order valence-corrected chi connectivity index (χ3v) is 4.48. The largest absolute Gasteiger partial charge is 0.425 e. The topological polar surface area (TPSA) is 38.8 Å². The van der Waals surface area contributed by atoms with Crippen LogP contribution in [-0.4, -0.2) is 36.9 Å². The summed E-state index contributed by atoms with van der Waals surface area (Å²) in [6.45, 7) is -0.430. The molecule has 1 aliphatic carbocycles. The zero-order valence-electron chi connectivity index (χ0n) is 12.1. The van der Waals surface area contributed by atoms with Gasteiger partial charge in [-0.05, 0) is 44.5 Å². The normalized spacial score (nSPS) is 28.0. The summed E-state index contributed by atoms with van der Waals surface area (Å²) in [5.41, 5.74) is 0. The molecule has 2 atom stereocenters. The number of hydrogen-bond donors (Lipinski definition) is 0. The first-order valence-electron chi connectivity index (χ1n) is 7.42. The number of ketones is 1. The summed E-state index contributed by atoms with van der Waals surface area (Å²) < 4.78 is 21.5. The Morgan fingerprint density at radius 2 is 1.86 bits per heavy atom. The molecule has 5 heteroatoms. The molecule has 1 saturated carbocycles. The molecule has 4 nitrogen and oxygen atoms in total. The van der Waals surface area contributed by atoms with Crippen molar-refractivity contribution < 1.29 is 18.7 Å². The van der Waals surface area contributed by atoms with Crippen LogP contribution in [0.1, 0.15) is 25.7 Å². The fourth-order valence-electron chi connectivity index (χ4n) is 3.30. The van der Waals surface area contributed by atoms with Crippen LogP contribution in [0.15, 0.2) is 24.3 Å². The van der Waals surface area contributed by atoms with Gasteiger partial charge in [0.15, 0.2) is 11.5 Å². The molecule has 1 saturated heterocycles. The van der Waals surface area contributed by atoms with Crippen molar-refractivity contribution in [1.29, 1.82) is 0 Å². The Kier molecular flexibility index (Phi) is 4.10. The second kappa shape index (κ2) is 6.02. The van der Waals surface area contributed by atoms with Crippen LogP contribution in [0.4, 0.5) is 4.39 Å². The van der Waals surface area contributed by atoms with E-state index in [0.29, 0.717) is 23.3 Å². The molecule has 2 aliphatic heterocycles. The van der Waals surface area contributed by atoms with Gasteiger partial charge in [-0.25, -0.2) is 0 Å². The molecule has 2 unspecified atom stereocenters. The van der Waals surface area contributed by atoms with Gasteiger partial charge in [0.1, 0.15) is 5.78 Å². The van der Waals surface area contributed by atoms with Crippen LogP contribution in [-0.2, 0) is 4.79 Å². The molecule has 114 valence electrons. The fourth-order valence-corrected chi connectivity index (χ4v) is 3.30. The van der Waals surface area contributed by atoms with Crippen molar-refractivity contribution in [3.8, 4) is 11.5 Å². The van der Waals surface area contributed by atoms with Crippen LogP contribution in [0.5, 0.6) is 11.5 Å². The van der Waals surface area contributed by atoms with Gasteiger partial charge < -0.3 is 14.4 Å². The lowest BCUT2D eigenvalue weighted by atomic mass is 9.84. The van der Waals surface area contributed by atoms with E-state index in [-0.39, 0.29) is 0 Å². The molecule has 0 aromatic heterocycles. The van der Waals surface area contributed by atoms with Crippen LogP contribution in [0.3, 0.4) is 0 Å². The molecule has 1 aromatic rings. The van der Waals surface area contributed by atoms with Crippen molar-refractivity contribution in [3.05, 3.63) is 24.3 Å². The summed E-state index contributed by atoms with van der Waals surface area (Å²) >= 11 is 0. The SMILES string of the molecule is CN1CCC2CCC(=O)CC21.FC1Oc2ccccc2O1. The molecule has 3 aliphatic rings. The lowest BCUT2D eigenvalue weighted by Gasteiger charge is -2.28. The maximum absolute atomic E-state index is 12.3. The molecule has 2 heterocycles. The van der Waals surface area contributed by atoms with Crippen LogP contribution < -0.4 is 9.47 Å². The number of carbonyl (C=O) groups is 1. The first-order valence-corrected chi connectivity index (χ1v) is 7.42.